The van der Waals surface area contributed by atoms with Crippen molar-refractivity contribution in [2.24, 2.45) is 23.2 Å². The predicted molar refractivity (Wildman–Crippen MR) is 76.1 cm³/mol. The number of hydrogen-bond acceptors (Lipinski definition) is 4. The summed E-state index contributed by atoms with van der Waals surface area (Å²) in [5.41, 5.74) is 0.0782. The van der Waals surface area contributed by atoms with Crippen molar-refractivity contribution < 1.29 is 19.0 Å². The van der Waals surface area contributed by atoms with Crippen LogP contribution in [0, 0.1) is 23.2 Å². The summed E-state index contributed by atoms with van der Waals surface area (Å²) in [5, 5.41) is 0. The zero-order valence-electron chi connectivity index (χ0n) is 13.2. The Morgan fingerprint density at radius 2 is 1.95 bits per heavy atom. The van der Waals surface area contributed by atoms with Crippen molar-refractivity contribution in [1.82, 2.24) is 0 Å². The van der Waals surface area contributed by atoms with Crippen molar-refractivity contribution in [2.75, 3.05) is 19.8 Å². The predicted octanol–water partition coefficient (Wildman–Crippen LogP) is 3.00. The van der Waals surface area contributed by atoms with Crippen molar-refractivity contribution in [3.8, 4) is 0 Å². The highest BCUT2D eigenvalue weighted by Gasteiger charge is 2.48. The SMILES string of the molecule is CCOC(=O)C1OCC2(CO1)C[C@H](C)CCC2C(C)C. The smallest absolute Gasteiger partial charge is 0.363 e. The average molecular weight is 284 g/mol. The minimum absolute atomic E-state index is 0.0782. The van der Waals surface area contributed by atoms with E-state index in [1.54, 1.807) is 6.92 Å². The third-order valence-corrected chi connectivity index (χ3v) is 4.84. The molecule has 0 bridgehead atoms. The summed E-state index contributed by atoms with van der Waals surface area (Å²) in [6.45, 7) is 10.2. The van der Waals surface area contributed by atoms with Gasteiger partial charge < -0.3 is 14.2 Å². The second-order valence-electron chi connectivity index (χ2n) is 6.81. The first kappa shape index (κ1) is 15.8. The van der Waals surface area contributed by atoms with Gasteiger partial charge in [-0.05, 0) is 37.5 Å². The van der Waals surface area contributed by atoms with E-state index in [1.807, 2.05) is 0 Å². The van der Waals surface area contributed by atoms with Gasteiger partial charge in [-0.25, -0.2) is 4.79 Å². The van der Waals surface area contributed by atoms with Gasteiger partial charge in [-0.3, -0.25) is 0 Å². The molecule has 2 atom stereocenters. The Hall–Kier alpha value is -0.610. The zero-order chi connectivity index (χ0) is 14.8. The van der Waals surface area contributed by atoms with Crippen molar-refractivity contribution in [3.63, 3.8) is 0 Å². The average Bonchev–Trinajstić information content (AvgIpc) is 2.39. The number of carbonyl (C=O) groups excluding carboxylic acids is 1. The van der Waals surface area contributed by atoms with E-state index < -0.39 is 12.3 Å². The van der Waals surface area contributed by atoms with E-state index in [4.69, 9.17) is 14.2 Å². The van der Waals surface area contributed by atoms with Crippen LogP contribution in [0.15, 0.2) is 0 Å². The van der Waals surface area contributed by atoms with Crippen molar-refractivity contribution in [3.05, 3.63) is 0 Å². The van der Waals surface area contributed by atoms with Crippen LogP contribution in [0.1, 0.15) is 47.0 Å². The first-order valence-electron chi connectivity index (χ1n) is 7.88. The summed E-state index contributed by atoms with van der Waals surface area (Å²) in [6, 6.07) is 0. The maximum Gasteiger partial charge on any atom is 0.363 e. The Labute approximate surface area is 122 Å². The van der Waals surface area contributed by atoms with Crippen LogP contribution in [0.4, 0.5) is 0 Å². The van der Waals surface area contributed by atoms with Crippen LogP contribution >= 0.6 is 0 Å². The standard InChI is InChI=1S/C16H28O4/c1-5-18-14(17)15-19-9-16(10-20-15)8-12(4)6-7-13(16)11(2)3/h11-13,15H,5-10H2,1-4H3/t12-,13?,15?,16?/m1/s1. The molecule has 0 N–H and O–H groups in total. The maximum atomic E-state index is 11.7. The van der Waals surface area contributed by atoms with Crippen LogP contribution in [0.25, 0.3) is 0 Å². The van der Waals surface area contributed by atoms with Crippen molar-refractivity contribution in [2.45, 2.75) is 53.2 Å². The molecular formula is C16H28O4. The van der Waals surface area contributed by atoms with Gasteiger partial charge in [0.2, 0.25) is 0 Å². The molecule has 0 aromatic heterocycles. The van der Waals surface area contributed by atoms with Crippen LogP contribution in [0.3, 0.4) is 0 Å². The molecular weight excluding hydrogens is 256 g/mol. The highest BCUT2D eigenvalue weighted by molar-refractivity contribution is 5.73. The Morgan fingerprint density at radius 1 is 1.30 bits per heavy atom. The lowest BCUT2D eigenvalue weighted by atomic mass is 9.60. The van der Waals surface area contributed by atoms with Crippen LogP contribution < -0.4 is 0 Å². The highest BCUT2D eigenvalue weighted by atomic mass is 16.7. The lowest BCUT2D eigenvalue weighted by Crippen LogP contribution is -2.52. The Bertz CT molecular complexity index is 331. The molecule has 1 heterocycles. The molecule has 116 valence electrons. The van der Waals surface area contributed by atoms with Gasteiger partial charge in [0, 0.05) is 5.41 Å². The molecule has 0 aromatic carbocycles. The van der Waals surface area contributed by atoms with Crippen LogP contribution in [0.2, 0.25) is 0 Å². The normalized spacial score (nSPS) is 38.1. The lowest BCUT2D eigenvalue weighted by Gasteiger charge is -2.50. The van der Waals surface area contributed by atoms with E-state index in [0.717, 1.165) is 6.42 Å². The molecule has 0 radical (unpaired) electrons. The van der Waals surface area contributed by atoms with Crippen LogP contribution in [0.5, 0.6) is 0 Å². The summed E-state index contributed by atoms with van der Waals surface area (Å²) in [6.07, 6.45) is 2.82. The maximum absolute atomic E-state index is 11.7. The highest BCUT2D eigenvalue weighted by Crippen LogP contribution is 2.49. The molecule has 0 amide bonds. The fourth-order valence-corrected chi connectivity index (χ4v) is 4.01. The molecule has 4 heteroatoms. The number of rotatable bonds is 3. The number of ether oxygens (including phenoxy) is 3. The monoisotopic (exact) mass is 284 g/mol. The Kier molecular flexibility index (Phi) is 5.08. The second kappa shape index (κ2) is 6.44. The molecule has 2 aliphatic rings. The Morgan fingerprint density at radius 3 is 2.50 bits per heavy atom. The topological polar surface area (TPSA) is 44.8 Å². The molecule has 1 saturated carbocycles. The van der Waals surface area contributed by atoms with Gasteiger partial charge in [-0.1, -0.05) is 27.2 Å². The number of esters is 1. The quantitative estimate of drug-likeness (QED) is 0.747. The molecule has 1 aliphatic carbocycles. The third-order valence-electron chi connectivity index (χ3n) is 4.84. The molecule has 1 saturated heterocycles. The zero-order valence-corrected chi connectivity index (χ0v) is 13.2. The molecule has 0 aromatic rings. The first-order chi connectivity index (χ1) is 9.48. The fourth-order valence-electron chi connectivity index (χ4n) is 4.01. The molecule has 2 rings (SSSR count). The number of carbonyl (C=O) groups is 1. The van der Waals surface area contributed by atoms with Crippen LogP contribution in [-0.2, 0) is 19.0 Å². The van der Waals surface area contributed by atoms with E-state index in [2.05, 4.69) is 20.8 Å². The largest absolute Gasteiger partial charge is 0.462 e. The summed E-state index contributed by atoms with van der Waals surface area (Å²) >= 11 is 0. The first-order valence-corrected chi connectivity index (χ1v) is 7.88. The molecule has 4 nitrogen and oxygen atoms in total. The minimum atomic E-state index is -0.828. The van der Waals surface area contributed by atoms with Gasteiger partial charge in [-0.2, -0.15) is 0 Å². The number of hydrogen-bond donors (Lipinski definition) is 0. The summed E-state index contributed by atoms with van der Waals surface area (Å²) < 4.78 is 16.4. The minimum Gasteiger partial charge on any atom is -0.462 e. The summed E-state index contributed by atoms with van der Waals surface area (Å²) in [5.74, 6) is 1.54. The van der Waals surface area contributed by atoms with E-state index >= 15 is 0 Å². The van der Waals surface area contributed by atoms with Gasteiger partial charge >= 0.3 is 5.97 Å². The Balaban J connectivity index is 2.02. The second-order valence-corrected chi connectivity index (χ2v) is 6.81. The molecule has 1 spiro atoms. The van der Waals surface area contributed by atoms with Gasteiger partial charge in [0.25, 0.3) is 6.29 Å². The van der Waals surface area contributed by atoms with Gasteiger partial charge in [0.15, 0.2) is 0 Å². The molecule has 1 unspecified atom stereocenters. The van der Waals surface area contributed by atoms with Gasteiger partial charge in [0.1, 0.15) is 0 Å². The summed E-state index contributed by atoms with van der Waals surface area (Å²) in [4.78, 5) is 11.7. The van der Waals surface area contributed by atoms with Gasteiger partial charge in [-0.15, -0.1) is 0 Å². The molecule has 1 aliphatic heterocycles. The van der Waals surface area contributed by atoms with Gasteiger partial charge in [0.05, 0.1) is 19.8 Å². The lowest BCUT2D eigenvalue weighted by molar-refractivity contribution is -0.257. The fraction of sp³-hybridized carbons (Fsp3) is 0.938. The van der Waals surface area contributed by atoms with E-state index in [1.165, 1.54) is 12.8 Å². The van der Waals surface area contributed by atoms with E-state index in [9.17, 15) is 4.79 Å². The third kappa shape index (κ3) is 3.17. The molecule has 2 fully saturated rings. The van der Waals surface area contributed by atoms with Crippen molar-refractivity contribution in [1.29, 1.82) is 0 Å². The van der Waals surface area contributed by atoms with E-state index in [0.29, 0.717) is 37.6 Å². The van der Waals surface area contributed by atoms with Crippen LogP contribution in [-0.4, -0.2) is 32.1 Å². The molecule has 20 heavy (non-hydrogen) atoms. The summed E-state index contributed by atoms with van der Waals surface area (Å²) in [7, 11) is 0. The van der Waals surface area contributed by atoms with Crippen molar-refractivity contribution >= 4 is 5.97 Å². The van der Waals surface area contributed by atoms with E-state index in [-0.39, 0.29) is 5.41 Å².